The van der Waals surface area contributed by atoms with Crippen LogP contribution in [0.3, 0.4) is 0 Å². The Morgan fingerprint density at radius 1 is 1.31 bits per heavy atom. The average Bonchev–Trinajstić information content (AvgIpc) is 3.36. The van der Waals surface area contributed by atoms with Crippen molar-refractivity contribution in [3.8, 4) is 6.07 Å². The van der Waals surface area contributed by atoms with Crippen LogP contribution in [0.2, 0.25) is 0 Å². The van der Waals surface area contributed by atoms with E-state index in [1.165, 1.54) is 27.7 Å². The molecular formula is C20H17N5O3S. The highest BCUT2D eigenvalue weighted by molar-refractivity contribution is 7.14. The van der Waals surface area contributed by atoms with Crippen LogP contribution >= 0.6 is 11.3 Å². The maximum Gasteiger partial charge on any atom is 0.331 e. The van der Waals surface area contributed by atoms with Gasteiger partial charge in [0.1, 0.15) is 11.6 Å². The van der Waals surface area contributed by atoms with Gasteiger partial charge in [0.15, 0.2) is 5.13 Å². The number of nitriles is 1. The molecule has 0 aliphatic carbocycles. The third-order valence-corrected chi connectivity index (χ3v) is 5.70. The van der Waals surface area contributed by atoms with E-state index >= 15 is 0 Å². The molecule has 0 saturated heterocycles. The number of anilines is 2. The van der Waals surface area contributed by atoms with Gasteiger partial charge in [-0.05, 0) is 25.0 Å². The number of rotatable bonds is 4. The molecule has 3 heterocycles. The van der Waals surface area contributed by atoms with E-state index in [2.05, 4.69) is 4.98 Å². The Kier molecular flexibility index (Phi) is 4.86. The van der Waals surface area contributed by atoms with E-state index in [9.17, 15) is 19.6 Å². The first-order valence-electron chi connectivity index (χ1n) is 9.08. The fourth-order valence-electron chi connectivity index (χ4n) is 3.53. The van der Waals surface area contributed by atoms with Gasteiger partial charge in [-0.25, -0.2) is 9.78 Å². The van der Waals surface area contributed by atoms with E-state index in [0.29, 0.717) is 35.2 Å². The number of fused-ring (bicyclic) bond motifs is 1. The van der Waals surface area contributed by atoms with E-state index in [1.807, 2.05) is 24.3 Å². The molecule has 4 rings (SSSR count). The van der Waals surface area contributed by atoms with Crippen molar-refractivity contribution in [3.63, 3.8) is 0 Å². The SMILES string of the molecule is CC(=O)N(c1ccccc1)c1nc(Cn2c(=O)c(C#N)c3n(c2=O)CCC3)cs1. The Bertz CT molecular complexity index is 1250. The van der Waals surface area contributed by atoms with Crippen LogP contribution in [0.1, 0.15) is 30.3 Å². The lowest BCUT2D eigenvalue weighted by Crippen LogP contribution is -2.42. The van der Waals surface area contributed by atoms with Crippen molar-refractivity contribution in [2.75, 3.05) is 4.90 Å². The lowest BCUT2D eigenvalue weighted by molar-refractivity contribution is -0.115. The molecule has 1 amide bonds. The van der Waals surface area contributed by atoms with Crippen molar-refractivity contribution in [3.05, 3.63) is 73.5 Å². The number of hydrogen-bond acceptors (Lipinski definition) is 6. The predicted molar refractivity (Wildman–Crippen MR) is 108 cm³/mol. The highest BCUT2D eigenvalue weighted by atomic mass is 32.1. The van der Waals surface area contributed by atoms with Gasteiger partial charge in [0.2, 0.25) is 5.91 Å². The second-order valence-electron chi connectivity index (χ2n) is 6.67. The molecule has 0 bridgehead atoms. The topological polar surface area (TPSA) is 101 Å². The van der Waals surface area contributed by atoms with E-state index in [0.717, 1.165) is 11.0 Å². The standard InChI is InChI=1S/C20H17N5O3S/c1-13(26)25(15-6-3-2-4-7-15)19-22-14(12-29-19)11-24-18(27)16(10-21)17-8-5-9-23(17)20(24)28/h2-4,6-7,12H,5,8-9,11H2,1H3. The highest BCUT2D eigenvalue weighted by Crippen LogP contribution is 2.28. The number of hydrogen-bond donors (Lipinski definition) is 0. The van der Waals surface area contributed by atoms with E-state index in [4.69, 9.17) is 0 Å². The van der Waals surface area contributed by atoms with Gasteiger partial charge in [0.05, 0.1) is 17.9 Å². The summed E-state index contributed by atoms with van der Waals surface area (Å²) in [6.07, 6.45) is 1.29. The minimum absolute atomic E-state index is 0.0206. The molecular weight excluding hydrogens is 390 g/mol. The average molecular weight is 407 g/mol. The monoisotopic (exact) mass is 407 g/mol. The van der Waals surface area contributed by atoms with E-state index in [1.54, 1.807) is 17.5 Å². The summed E-state index contributed by atoms with van der Waals surface area (Å²) in [5.74, 6) is -0.196. The number of thiazole rings is 1. The van der Waals surface area contributed by atoms with Gasteiger partial charge in [0, 0.05) is 24.5 Å². The van der Waals surface area contributed by atoms with Crippen molar-refractivity contribution in [2.45, 2.75) is 32.9 Å². The second kappa shape index (κ2) is 7.48. The molecule has 146 valence electrons. The summed E-state index contributed by atoms with van der Waals surface area (Å²) in [6, 6.07) is 11.1. The molecule has 8 nitrogen and oxygen atoms in total. The summed E-state index contributed by atoms with van der Waals surface area (Å²) in [4.78, 5) is 43.6. The summed E-state index contributed by atoms with van der Waals surface area (Å²) < 4.78 is 2.55. The fourth-order valence-corrected chi connectivity index (χ4v) is 4.40. The first kappa shape index (κ1) is 18.8. The lowest BCUT2D eigenvalue weighted by atomic mass is 10.2. The minimum Gasteiger partial charge on any atom is -0.296 e. The zero-order valence-corrected chi connectivity index (χ0v) is 16.5. The lowest BCUT2D eigenvalue weighted by Gasteiger charge is -2.17. The number of nitrogens with zero attached hydrogens (tertiary/aromatic N) is 5. The third-order valence-electron chi connectivity index (χ3n) is 4.82. The van der Waals surface area contributed by atoms with Crippen molar-refractivity contribution in [1.82, 2.24) is 14.1 Å². The number of carbonyl (C=O) groups excluding carboxylic acids is 1. The first-order chi connectivity index (χ1) is 14.0. The van der Waals surface area contributed by atoms with Gasteiger partial charge in [-0.2, -0.15) is 5.26 Å². The maximum absolute atomic E-state index is 12.8. The molecule has 0 spiro atoms. The Labute approximate surface area is 169 Å². The van der Waals surface area contributed by atoms with Gasteiger partial charge in [0.25, 0.3) is 5.56 Å². The number of benzene rings is 1. The van der Waals surface area contributed by atoms with Crippen LogP contribution in [-0.2, 0) is 24.3 Å². The van der Waals surface area contributed by atoms with Gasteiger partial charge in [-0.1, -0.05) is 18.2 Å². The van der Waals surface area contributed by atoms with E-state index < -0.39 is 11.2 Å². The molecule has 9 heteroatoms. The molecule has 1 aromatic carbocycles. The number of carbonyl (C=O) groups is 1. The molecule has 1 aliphatic rings. The molecule has 0 saturated carbocycles. The van der Waals surface area contributed by atoms with Gasteiger partial charge in [-0.15, -0.1) is 11.3 Å². The van der Waals surface area contributed by atoms with Crippen LogP contribution in [0.25, 0.3) is 0 Å². The predicted octanol–water partition coefficient (Wildman–Crippen LogP) is 2.02. The molecule has 1 aliphatic heterocycles. The fraction of sp³-hybridized carbons (Fsp3) is 0.250. The van der Waals surface area contributed by atoms with Crippen LogP contribution < -0.4 is 16.1 Å². The zero-order valence-electron chi connectivity index (χ0n) is 15.7. The smallest absolute Gasteiger partial charge is 0.296 e. The van der Waals surface area contributed by atoms with Gasteiger partial charge in [-0.3, -0.25) is 23.6 Å². The summed E-state index contributed by atoms with van der Waals surface area (Å²) in [6.45, 7) is 1.89. The molecule has 29 heavy (non-hydrogen) atoms. The van der Waals surface area contributed by atoms with Gasteiger partial charge < -0.3 is 0 Å². The third kappa shape index (κ3) is 3.28. The van der Waals surface area contributed by atoms with Crippen molar-refractivity contribution in [1.29, 1.82) is 5.26 Å². The van der Waals surface area contributed by atoms with Crippen LogP contribution in [-0.4, -0.2) is 20.0 Å². The van der Waals surface area contributed by atoms with Gasteiger partial charge >= 0.3 is 5.69 Å². The van der Waals surface area contributed by atoms with Crippen LogP contribution in [0.15, 0.2) is 45.3 Å². The molecule has 0 fully saturated rings. The van der Waals surface area contributed by atoms with Crippen molar-refractivity contribution < 1.29 is 4.79 Å². The quantitative estimate of drug-likeness (QED) is 0.659. The normalized spacial score (nSPS) is 12.4. The Morgan fingerprint density at radius 2 is 2.07 bits per heavy atom. The second-order valence-corrected chi connectivity index (χ2v) is 7.51. The Morgan fingerprint density at radius 3 is 2.76 bits per heavy atom. The zero-order chi connectivity index (χ0) is 20.5. The molecule has 0 N–H and O–H groups in total. The van der Waals surface area contributed by atoms with Crippen LogP contribution in [0, 0.1) is 11.3 Å². The largest absolute Gasteiger partial charge is 0.331 e. The number of aromatic nitrogens is 3. The molecule has 0 radical (unpaired) electrons. The number of amides is 1. The summed E-state index contributed by atoms with van der Waals surface area (Å²) >= 11 is 1.25. The molecule has 3 aromatic rings. The summed E-state index contributed by atoms with van der Waals surface area (Å²) in [5, 5.41) is 11.6. The van der Waals surface area contributed by atoms with Crippen molar-refractivity contribution >= 4 is 28.1 Å². The van der Waals surface area contributed by atoms with Crippen LogP contribution in [0.4, 0.5) is 10.8 Å². The molecule has 0 unspecified atom stereocenters. The Hall–Kier alpha value is -3.51. The maximum atomic E-state index is 12.8. The molecule has 2 aromatic heterocycles. The summed E-state index contributed by atoms with van der Waals surface area (Å²) in [7, 11) is 0. The van der Waals surface area contributed by atoms with Crippen LogP contribution in [0.5, 0.6) is 0 Å². The highest BCUT2D eigenvalue weighted by Gasteiger charge is 2.23. The van der Waals surface area contributed by atoms with Crippen molar-refractivity contribution in [2.24, 2.45) is 0 Å². The van der Waals surface area contributed by atoms with E-state index in [-0.39, 0.29) is 18.0 Å². The summed E-state index contributed by atoms with van der Waals surface area (Å²) in [5.41, 5.74) is 0.683. The molecule has 0 atom stereocenters. The number of para-hydroxylation sites is 1. The first-order valence-corrected chi connectivity index (χ1v) is 9.96. The Balaban J connectivity index is 1.72. The minimum atomic E-state index is -0.591.